The summed E-state index contributed by atoms with van der Waals surface area (Å²) >= 11 is 0. The lowest BCUT2D eigenvalue weighted by atomic mass is 9.76. The number of hydrogen-bond donors (Lipinski definition) is 1. The Balaban J connectivity index is 1.84. The highest BCUT2D eigenvalue weighted by Gasteiger charge is 2.32. The molecule has 0 aromatic heterocycles. The molecule has 1 heterocycles. The van der Waals surface area contributed by atoms with Crippen LogP contribution in [-0.2, 0) is 4.74 Å². The number of nitrogens with zero attached hydrogens (tertiary/aromatic N) is 1. The van der Waals surface area contributed by atoms with E-state index in [0.29, 0.717) is 0 Å². The van der Waals surface area contributed by atoms with E-state index in [0.717, 1.165) is 36.9 Å². The first-order chi connectivity index (χ1) is 10.3. The highest BCUT2D eigenvalue weighted by Crippen LogP contribution is 2.33. The fourth-order valence-corrected chi connectivity index (χ4v) is 4.55. The summed E-state index contributed by atoms with van der Waals surface area (Å²) in [5.74, 6) is 2.60. The van der Waals surface area contributed by atoms with Gasteiger partial charge in [0.1, 0.15) is 0 Å². The SMILES string of the molecule is CCCC1CCC(NCC)C(CN2CCC(COC)C2)C1. The minimum Gasteiger partial charge on any atom is -0.384 e. The van der Waals surface area contributed by atoms with E-state index in [1.54, 1.807) is 0 Å². The van der Waals surface area contributed by atoms with Crippen molar-refractivity contribution in [1.29, 1.82) is 0 Å². The molecule has 4 atom stereocenters. The summed E-state index contributed by atoms with van der Waals surface area (Å²) in [6, 6.07) is 0.754. The predicted octanol–water partition coefficient (Wildman–Crippen LogP) is 3.15. The van der Waals surface area contributed by atoms with Gasteiger partial charge in [-0.15, -0.1) is 0 Å². The summed E-state index contributed by atoms with van der Waals surface area (Å²) in [7, 11) is 1.83. The van der Waals surface area contributed by atoms with Gasteiger partial charge in [0, 0.05) is 26.2 Å². The summed E-state index contributed by atoms with van der Waals surface area (Å²) in [6.07, 6.45) is 8.37. The van der Waals surface area contributed by atoms with E-state index in [4.69, 9.17) is 4.74 Å². The van der Waals surface area contributed by atoms with Crippen LogP contribution in [0.5, 0.6) is 0 Å². The first kappa shape index (κ1) is 17.2. The van der Waals surface area contributed by atoms with E-state index in [2.05, 4.69) is 24.1 Å². The molecule has 1 aliphatic carbocycles. The van der Waals surface area contributed by atoms with Crippen molar-refractivity contribution >= 4 is 0 Å². The van der Waals surface area contributed by atoms with Crippen molar-refractivity contribution in [2.75, 3.05) is 39.9 Å². The van der Waals surface area contributed by atoms with Crippen LogP contribution in [-0.4, -0.2) is 50.8 Å². The van der Waals surface area contributed by atoms with Crippen molar-refractivity contribution in [3.63, 3.8) is 0 Å². The molecule has 4 unspecified atom stereocenters. The first-order valence-electron chi connectivity index (χ1n) is 9.21. The fraction of sp³-hybridized carbons (Fsp3) is 1.00. The van der Waals surface area contributed by atoms with E-state index in [-0.39, 0.29) is 0 Å². The van der Waals surface area contributed by atoms with Gasteiger partial charge >= 0.3 is 0 Å². The molecule has 21 heavy (non-hydrogen) atoms. The van der Waals surface area contributed by atoms with Crippen LogP contribution in [0, 0.1) is 17.8 Å². The minimum absolute atomic E-state index is 0.754. The maximum Gasteiger partial charge on any atom is 0.0503 e. The van der Waals surface area contributed by atoms with Crippen molar-refractivity contribution in [3.05, 3.63) is 0 Å². The molecule has 0 spiro atoms. The lowest BCUT2D eigenvalue weighted by Crippen LogP contribution is -2.45. The molecule has 0 aromatic rings. The summed E-state index contributed by atoms with van der Waals surface area (Å²) in [5, 5.41) is 3.76. The van der Waals surface area contributed by atoms with Gasteiger partial charge < -0.3 is 15.0 Å². The monoisotopic (exact) mass is 296 g/mol. The summed E-state index contributed by atoms with van der Waals surface area (Å²) in [5.41, 5.74) is 0. The molecule has 0 radical (unpaired) electrons. The molecule has 124 valence electrons. The Morgan fingerprint density at radius 3 is 2.71 bits per heavy atom. The molecule has 2 fully saturated rings. The van der Waals surface area contributed by atoms with Gasteiger partial charge in [0.05, 0.1) is 6.61 Å². The molecule has 1 aliphatic heterocycles. The van der Waals surface area contributed by atoms with Gasteiger partial charge in [0.15, 0.2) is 0 Å². The topological polar surface area (TPSA) is 24.5 Å². The van der Waals surface area contributed by atoms with Crippen LogP contribution >= 0.6 is 0 Å². The van der Waals surface area contributed by atoms with Gasteiger partial charge in [0.25, 0.3) is 0 Å². The van der Waals surface area contributed by atoms with E-state index in [9.17, 15) is 0 Å². The van der Waals surface area contributed by atoms with E-state index in [1.807, 2.05) is 7.11 Å². The van der Waals surface area contributed by atoms with Crippen molar-refractivity contribution in [3.8, 4) is 0 Å². The molecule has 0 aromatic carbocycles. The third kappa shape index (κ3) is 5.22. The van der Waals surface area contributed by atoms with Crippen LogP contribution < -0.4 is 5.32 Å². The van der Waals surface area contributed by atoms with Crippen LogP contribution in [0.2, 0.25) is 0 Å². The van der Waals surface area contributed by atoms with Gasteiger partial charge in [-0.3, -0.25) is 0 Å². The smallest absolute Gasteiger partial charge is 0.0503 e. The minimum atomic E-state index is 0.754. The molecule has 3 heteroatoms. The van der Waals surface area contributed by atoms with E-state index >= 15 is 0 Å². The number of rotatable bonds is 8. The van der Waals surface area contributed by atoms with Gasteiger partial charge in [-0.25, -0.2) is 0 Å². The van der Waals surface area contributed by atoms with Gasteiger partial charge in [-0.1, -0.05) is 26.7 Å². The normalized spacial score (nSPS) is 34.4. The quantitative estimate of drug-likeness (QED) is 0.744. The molecular weight excluding hydrogens is 260 g/mol. The number of nitrogens with one attached hydrogen (secondary N) is 1. The average molecular weight is 296 g/mol. The third-order valence-electron chi connectivity index (χ3n) is 5.52. The standard InChI is InChI=1S/C18H36N2O/c1-4-6-15-7-8-18(19-5-2)17(11-15)13-20-10-9-16(12-20)14-21-3/h15-19H,4-14H2,1-3H3. The van der Waals surface area contributed by atoms with Gasteiger partial charge in [-0.05, 0) is 56.5 Å². The lowest BCUT2D eigenvalue weighted by molar-refractivity contribution is 0.132. The highest BCUT2D eigenvalue weighted by molar-refractivity contribution is 4.88. The fourth-order valence-electron chi connectivity index (χ4n) is 4.55. The zero-order chi connectivity index (χ0) is 15.1. The van der Waals surface area contributed by atoms with Crippen LogP contribution in [0.15, 0.2) is 0 Å². The van der Waals surface area contributed by atoms with Crippen molar-refractivity contribution < 1.29 is 4.74 Å². The van der Waals surface area contributed by atoms with Crippen LogP contribution in [0.3, 0.4) is 0 Å². The Morgan fingerprint density at radius 2 is 2.00 bits per heavy atom. The molecule has 1 N–H and O–H groups in total. The number of methoxy groups -OCH3 is 1. The highest BCUT2D eigenvalue weighted by atomic mass is 16.5. The van der Waals surface area contributed by atoms with Crippen molar-refractivity contribution in [2.24, 2.45) is 17.8 Å². The molecule has 1 saturated heterocycles. The zero-order valence-electron chi connectivity index (χ0n) is 14.4. The van der Waals surface area contributed by atoms with Crippen LogP contribution in [0.4, 0.5) is 0 Å². The lowest BCUT2D eigenvalue weighted by Gasteiger charge is -2.38. The second kappa shape index (κ2) is 9.12. The number of likely N-dealkylation sites (tertiary alicyclic amines) is 1. The van der Waals surface area contributed by atoms with E-state index in [1.165, 1.54) is 58.2 Å². The molecular formula is C18H36N2O. The Bertz CT molecular complexity index is 284. The zero-order valence-corrected chi connectivity index (χ0v) is 14.4. The van der Waals surface area contributed by atoms with Crippen LogP contribution in [0.1, 0.15) is 52.4 Å². The Morgan fingerprint density at radius 1 is 1.14 bits per heavy atom. The third-order valence-corrected chi connectivity index (χ3v) is 5.52. The van der Waals surface area contributed by atoms with Crippen molar-refractivity contribution in [1.82, 2.24) is 10.2 Å². The summed E-state index contributed by atoms with van der Waals surface area (Å²) in [4.78, 5) is 2.70. The van der Waals surface area contributed by atoms with Gasteiger partial charge in [0.2, 0.25) is 0 Å². The second-order valence-electron chi connectivity index (χ2n) is 7.26. The Hall–Kier alpha value is -0.120. The maximum atomic E-state index is 5.33. The predicted molar refractivity (Wildman–Crippen MR) is 89.6 cm³/mol. The molecule has 2 aliphatic rings. The van der Waals surface area contributed by atoms with Crippen LogP contribution in [0.25, 0.3) is 0 Å². The first-order valence-corrected chi connectivity index (χ1v) is 9.21. The van der Waals surface area contributed by atoms with E-state index < -0.39 is 0 Å². The maximum absolute atomic E-state index is 5.33. The molecule has 1 saturated carbocycles. The Labute approximate surface area is 131 Å². The largest absolute Gasteiger partial charge is 0.384 e. The number of hydrogen-bond acceptors (Lipinski definition) is 3. The molecule has 3 nitrogen and oxygen atoms in total. The summed E-state index contributed by atoms with van der Waals surface area (Å²) < 4.78 is 5.33. The molecule has 0 amide bonds. The Kier molecular flexibility index (Phi) is 7.48. The molecule has 2 rings (SSSR count). The van der Waals surface area contributed by atoms with Crippen molar-refractivity contribution in [2.45, 2.75) is 58.4 Å². The molecule has 0 bridgehead atoms. The summed E-state index contributed by atoms with van der Waals surface area (Å²) in [6.45, 7) is 10.5. The second-order valence-corrected chi connectivity index (χ2v) is 7.26. The number of ether oxygens (including phenoxy) is 1. The van der Waals surface area contributed by atoms with Gasteiger partial charge in [-0.2, -0.15) is 0 Å². The average Bonchev–Trinajstić information content (AvgIpc) is 2.90.